The van der Waals surface area contributed by atoms with Crippen molar-refractivity contribution in [3.63, 3.8) is 0 Å². The van der Waals surface area contributed by atoms with Crippen LogP contribution in [0.4, 0.5) is 11.5 Å². The lowest BCUT2D eigenvalue weighted by atomic mass is 10.1. The van der Waals surface area contributed by atoms with Gasteiger partial charge in [-0.1, -0.05) is 0 Å². The Morgan fingerprint density at radius 2 is 1.88 bits per heavy atom. The summed E-state index contributed by atoms with van der Waals surface area (Å²) in [6.45, 7) is 2.87. The lowest BCUT2D eigenvalue weighted by Crippen LogP contribution is -2.29. The largest absolute Gasteiger partial charge is 0.488 e. The quantitative estimate of drug-likeness (QED) is 0.333. The van der Waals surface area contributed by atoms with Crippen LogP contribution in [0.3, 0.4) is 0 Å². The number of carbonyl (C=O) groups excluding carboxylic acids is 1. The van der Waals surface area contributed by atoms with Crippen LogP contribution in [0.5, 0.6) is 5.75 Å². The zero-order valence-electron chi connectivity index (χ0n) is 14.4. The van der Waals surface area contributed by atoms with Crippen molar-refractivity contribution >= 4 is 23.2 Å². The molecule has 0 bridgehead atoms. The molecular weight excluding hydrogens is 332 g/mol. The number of nitrogens with two attached hydrogens (primary N) is 2. The third kappa shape index (κ3) is 2.83. The van der Waals surface area contributed by atoms with Crippen molar-refractivity contribution in [2.75, 3.05) is 31.1 Å². The fourth-order valence-corrected chi connectivity index (χ4v) is 3.44. The van der Waals surface area contributed by atoms with Gasteiger partial charge in [0.25, 0.3) is 5.91 Å². The van der Waals surface area contributed by atoms with Crippen molar-refractivity contribution in [3.8, 4) is 5.75 Å². The van der Waals surface area contributed by atoms with E-state index in [1.807, 2.05) is 29.2 Å². The molecule has 2 aromatic rings. The first-order chi connectivity index (χ1) is 12.7. The van der Waals surface area contributed by atoms with Gasteiger partial charge in [-0.05, 0) is 37.1 Å². The van der Waals surface area contributed by atoms with Gasteiger partial charge < -0.3 is 31.1 Å². The number of aromatic amines is 1. The summed E-state index contributed by atoms with van der Waals surface area (Å²) in [7, 11) is 0. The third-order valence-corrected chi connectivity index (χ3v) is 4.84. The molecule has 136 valence electrons. The topological polar surface area (TPSA) is 113 Å². The maximum absolute atomic E-state index is 12.6. The first kappa shape index (κ1) is 16.3. The highest BCUT2D eigenvalue weighted by atomic mass is 16.5. The van der Waals surface area contributed by atoms with Crippen LogP contribution < -0.4 is 21.2 Å². The van der Waals surface area contributed by atoms with Gasteiger partial charge in [0, 0.05) is 30.4 Å². The number of fused-ring (bicyclic) bond motifs is 1. The number of benzene rings is 1. The average molecular weight is 354 g/mol. The molecule has 1 aromatic carbocycles. The third-order valence-electron chi connectivity index (χ3n) is 4.84. The number of ether oxygens (including phenoxy) is 1. The number of aromatic nitrogens is 1. The van der Waals surface area contributed by atoms with Crippen LogP contribution in [0.1, 0.15) is 28.9 Å². The highest BCUT2D eigenvalue weighted by Gasteiger charge is 2.27. The number of hydrazone groups is 1. The molecule has 1 aromatic heterocycles. The van der Waals surface area contributed by atoms with Crippen LogP contribution in [0, 0.1) is 0 Å². The maximum Gasteiger partial charge on any atom is 0.270 e. The van der Waals surface area contributed by atoms with E-state index in [4.69, 9.17) is 16.3 Å². The molecule has 4 rings (SSSR count). The highest BCUT2D eigenvalue weighted by molar-refractivity contribution is 5.97. The van der Waals surface area contributed by atoms with E-state index in [1.54, 1.807) is 6.07 Å². The molecule has 26 heavy (non-hydrogen) atoms. The molecule has 0 atom stereocenters. The zero-order chi connectivity index (χ0) is 18.1. The van der Waals surface area contributed by atoms with Gasteiger partial charge in [0.05, 0.1) is 6.54 Å². The summed E-state index contributed by atoms with van der Waals surface area (Å²) in [6.07, 6.45) is 2.13. The number of anilines is 2. The van der Waals surface area contributed by atoms with Crippen LogP contribution in [0.15, 0.2) is 35.4 Å². The monoisotopic (exact) mass is 354 g/mol. The fraction of sp³-hybridized carbons (Fsp3) is 0.333. The molecule has 8 heteroatoms. The first-order valence-corrected chi connectivity index (χ1v) is 8.74. The van der Waals surface area contributed by atoms with Gasteiger partial charge in [0.15, 0.2) is 11.6 Å². The van der Waals surface area contributed by atoms with E-state index in [2.05, 4.69) is 15.0 Å². The first-order valence-electron chi connectivity index (χ1n) is 8.74. The Balaban J connectivity index is 1.62. The van der Waals surface area contributed by atoms with Crippen LogP contribution in [0.2, 0.25) is 0 Å². The molecule has 1 fully saturated rings. The predicted octanol–water partition coefficient (Wildman–Crippen LogP) is 1.36. The molecule has 3 heterocycles. The number of hydrogen-bond acceptors (Lipinski definition) is 5. The van der Waals surface area contributed by atoms with Gasteiger partial charge in [0.1, 0.15) is 18.1 Å². The van der Waals surface area contributed by atoms with Crippen molar-refractivity contribution in [2.24, 2.45) is 16.7 Å². The van der Waals surface area contributed by atoms with Gasteiger partial charge in [-0.3, -0.25) is 4.79 Å². The second-order valence-corrected chi connectivity index (χ2v) is 6.46. The summed E-state index contributed by atoms with van der Waals surface area (Å²) in [5.74, 6) is 7.04. The van der Waals surface area contributed by atoms with Crippen molar-refractivity contribution in [1.29, 1.82) is 0 Å². The molecular formula is C18H22N6O2. The number of rotatable bonds is 3. The van der Waals surface area contributed by atoms with E-state index >= 15 is 0 Å². The zero-order valence-corrected chi connectivity index (χ0v) is 14.4. The number of H-pyrrole nitrogens is 1. The van der Waals surface area contributed by atoms with Gasteiger partial charge in [0.2, 0.25) is 0 Å². The Hall–Kier alpha value is -3.16. The summed E-state index contributed by atoms with van der Waals surface area (Å²) in [4.78, 5) is 19.9. The normalized spacial score (nSPS) is 17.2. The number of amides is 1. The molecule has 0 spiro atoms. The molecule has 5 N–H and O–H groups in total. The smallest absolute Gasteiger partial charge is 0.270 e. The summed E-state index contributed by atoms with van der Waals surface area (Å²) < 4.78 is 5.75. The number of nitrogens with zero attached hydrogens (tertiary/aromatic N) is 3. The van der Waals surface area contributed by atoms with E-state index in [0.29, 0.717) is 24.6 Å². The number of nitrogens with one attached hydrogen (secondary N) is 1. The Bertz CT molecular complexity index is 836. The van der Waals surface area contributed by atoms with Crippen LogP contribution in [-0.4, -0.2) is 47.9 Å². The Labute approximate surface area is 151 Å². The minimum absolute atomic E-state index is 0.0303. The lowest BCUT2D eigenvalue weighted by Gasteiger charge is -2.28. The van der Waals surface area contributed by atoms with Gasteiger partial charge >= 0.3 is 0 Å². The van der Waals surface area contributed by atoms with Gasteiger partial charge in [-0.25, -0.2) is 0 Å². The van der Waals surface area contributed by atoms with E-state index in [9.17, 15) is 4.79 Å². The molecule has 1 saturated heterocycles. The molecule has 2 aliphatic rings. The molecule has 0 aliphatic carbocycles. The fourth-order valence-electron chi connectivity index (χ4n) is 3.44. The SMILES string of the molecule is N/N=C(\N)c1ccc(N2CCOc3cc(C(=O)N4CCCC4)[nH]c32)cc1. The van der Waals surface area contributed by atoms with Crippen molar-refractivity contribution in [3.05, 3.63) is 41.6 Å². The standard InChI is InChI=1S/C18H22N6O2/c19-16(22-20)12-3-5-13(6-4-12)24-9-10-26-15-11-14(21-17(15)24)18(25)23-7-1-2-8-23/h3-6,11,21H,1-2,7-10,20H2,(H2,19,22). The lowest BCUT2D eigenvalue weighted by molar-refractivity contribution is 0.0787. The minimum Gasteiger partial charge on any atom is -0.488 e. The molecule has 0 radical (unpaired) electrons. The number of hydrogen-bond donors (Lipinski definition) is 3. The van der Waals surface area contributed by atoms with Crippen molar-refractivity contribution in [2.45, 2.75) is 12.8 Å². The Kier molecular flexibility index (Phi) is 4.16. The molecule has 2 aliphatic heterocycles. The van der Waals surface area contributed by atoms with Crippen molar-refractivity contribution in [1.82, 2.24) is 9.88 Å². The van der Waals surface area contributed by atoms with E-state index in [0.717, 1.165) is 43.0 Å². The number of amidine groups is 1. The number of likely N-dealkylation sites (tertiary alicyclic amines) is 1. The minimum atomic E-state index is 0.0303. The Morgan fingerprint density at radius 1 is 1.15 bits per heavy atom. The van der Waals surface area contributed by atoms with Crippen LogP contribution in [0.25, 0.3) is 0 Å². The second-order valence-electron chi connectivity index (χ2n) is 6.46. The maximum atomic E-state index is 12.6. The van der Waals surface area contributed by atoms with Crippen LogP contribution in [-0.2, 0) is 0 Å². The summed E-state index contributed by atoms with van der Waals surface area (Å²) in [6, 6.07) is 9.44. The summed E-state index contributed by atoms with van der Waals surface area (Å²) in [5, 5.41) is 3.51. The van der Waals surface area contributed by atoms with Gasteiger partial charge in [-0.15, -0.1) is 0 Å². The molecule has 0 saturated carbocycles. The van der Waals surface area contributed by atoms with E-state index in [1.165, 1.54) is 0 Å². The number of carbonyl (C=O) groups is 1. The van der Waals surface area contributed by atoms with Gasteiger partial charge in [-0.2, -0.15) is 5.10 Å². The van der Waals surface area contributed by atoms with Crippen LogP contribution >= 0.6 is 0 Å². The summed E-state index contributed by atoms with van der Waals surface area (Å²) in [5.41, 5.74) is 8.05. The highest BCUT2D eigenvalue weighted by Crippen LogP contribution is 2.37. The predicted molar refractivity (Wildman–Crippen MR) is 99.8 cm³/mol. The van der Waals surface area contributed by atoms with E-state index in [-0.39, 0.29) is 11.7 Å². The Morgan fingerprint density at radius 3 is 2.58 bits per heavy atom. The molecule has 8 nitrogen and oxygen atoms in total. The second kappa shape index (κ2) is 6.62. The average Bonchev–Trinajstić information content (AvgIpc) is 3.36. The molecule has 1 amide bonds. The summed E-state index contributed by atoms with van der Waals surface area (Å²) >= 11 is 0. The molecule has 0 unspecified atom stereocenters. The van der Waals surface area contributed by atoms with Crippen molar-refractivity contribution < 1.29 is 9.53 Å². The van der Waals surface area contributed by atoms with E-state index < -0.39 is 0 Å².